The van der Waals surface area contributed by atoms with E-state index in [0.29, 0.717) is 24.9 Å². The minimum Gasteiger partial charge on any atom is -0.508 e. The number of rotatable bonds is 18. The lowest BCUT2D eigenvalue weighted by atomic mass is 10.0. The van der Waals surface area contributed by atoms with Crippen LogP contribution in [0.5, 0.6) is 5.75 Å². The summed E-state index contributed by atoms with van der Waals surface area (Å²) in [7, 11) is 0. The summed E-state index contributed by atoms with van der Waals surface area (Å²) in [6.07, 6.45) is -0.372. The Hall–Kier alpha value is -4.24. The molecule has 0 saturated carbocycles. The Labute approximate surface area is 224 Å². The van der Waals surface area contributed by atoms with Crippen molar-refractivity contribution in [2.45, 2.75) is 69.1 Å². The third kappa shape index (κ3) is 12.7. The smallest absolute Gasteiger partial charge is 0.326 e. The van der Waals surface area contributed by atoms with Crippen molar-refractivity contribution in [2.24, 2.45) is 17.2 Å². The molecule has 0 aliphatic rings. The minimum absolute atomic E-state index is 0.0326. The van der Waals surface area contributed by atoms with Gasteiger partial charge in [0, 0.05) is 12.8 Å². The minimum atomic E-state index is -1.56. The van der Waals surface area contributed by atoms with Gasteiger partial charge in [-0.05, 0) is 49.9 Å². The molecule has 0 unspecified atom stereocenters. The van der Waals surface area contributed by atoms with Crippen molar-refractivity contribution in [1.29, 1.82) is 0 Å². The summed E-state index contributed by atoms with van der Waals surface area (Å²) in [4.78, 5) is 72.5. The van der Waals surface area contributed by atoms with E-state index in [2.05, 4.69) is 16.0 Å². The number of phenolic OH excluding ortho intramolecular Hbond substituents is 1. The van der Waals surface area contributed by atoms with Gasteiger partial charge < -0.3 is 48.5 Å². The van der Waals surface area contributed by atoms with Crippen molar-refractivity contribution in [1.82, 2.24) is 16.0 Å². The predicted octanol–water partition coefficient (Wildman–Crippen LogP) is -2.33. The normalized spacial score (nSPS) is 13.8. The number of unbranched alkanes of at least 4 members (excludes halogenated alkanes) is 1. The maximum absolute atomic E-state index is 13.0. The molecule has 4 atom stereocenters. The number of benzene rings is 1. The quantitative estimate of drug-likeness (QED) is 0.0871. The van der Waals surface area contributed by atoms with Crippen molar-refractivity contribution < 1.29 is 44.1 Å². The van der Waals surface area contributed by atoms with Crippen molar-refractivity contribution in [3.8, 4) is 5.75 Å². The molecular formula is C24H36N6O9. The van der Waals surface area contributed by atoms with E-state index >= 15 is 0 Å². The third-order valence-corrected chi connectivity index (χ3v) is 5.61. The monoisotopic (exact) mass is 552 g/mol. The van der Waals surface area contributed by atoms with Gasteiger partial charge in [0.05, 0.1) is 12.5 Å². The van der Waals surface area contributed by atoms with Crippen molar-refractivity contribution in [3.05, 3.63) is 29.8 Å². The van der Waals surface area contributed by atoms with Crippen LogP contribution in [-0.4, -0.2) is 81.6 Å². The second kappa shape index (κ2) is 16.6. The number of nitrogens with one attached hydrogen (secondary N) is 3. The summed E-state index contributed by atoms with van der Waals surface area (Å²) in [5, 5.41) is 34.8. The molecule has 0 radical (unpaired) electrons. The van der Waals surface area contributed by atoms with Gasteiger partial charge in [-0.1, -0.05) is 12.1 Å². The molecule has 1 aromatic carbocycles. The van der Waals surface area contributed by atoms with E-state index in [0.717, 1.165) is 0 Å². The lowest BCUT2D eigenvalue weighted by Gasteiger charge is -2.25. The van der Waals surface area contributed by atoms with Crippen molar-refractivity contribution in [3.63, 3.8) is 0 Å². The molecule has 39 heavy (non-hydrogen) atoms. The predicted molar refractivity (Wildman–Crippen MR) is 137 cm³/mol. The highest BCUT2D eigenvalue weighted by Crippen LogP contribution is 2.12. The van der Waals surface area contributed by atoms with Crippen LogP contribution < -0.4 is 33.2 Å². The molecule has 1 rings (SSSR count). The number of carbonyl (C=O) groups is 6. The fraction of sp³-hybridized carbons (Fsp3) is 0.500. The Kier molecular flexibility index (Phi) is 13.9. The van der Waals surface area contributed by atoms with E-state index in [4.69, 9.17) is 22.3 Å². The van der Waals surface area contributed by atoms with Crippen molar-refractivity contribution >= 4 is 35.6 Å². The molecule has 0 fully saturated rings. The first kappa shape index (κ1) is 32.8. The van der Waals surface area contributed by atoms with Gasteiger partial charge in [-0.25, -0.2) is 4.79 Å². The lowest BCUT2D eigenvalue weighted by Crippen LogP contribution is -2.58. The van der Waals surface area contributed by atoms with Crippen LogP contribution in [0.3, 0.4) is 0 Å². The van der Waals surface area contributed by atoms with Gasteiger partial charge in [-0.15, -0.1) is 0 Å². The fourth-order valence-corrected chi connectivity index (χ4v) is 3.47. The molecule has 0 bridgehead atoms. The molecule has 15 nitrogen and oxygen atoms in total. The maximum Gasteiger partial charge on any atom is 0.326 e. The summed E-state index contributed by atoms with van der Waals surface area (Å²) < 4.78 is 0. The van der Waals surface area contributed by atoms with Gasteiger partial charge in [0.2, 0.25) is 23.6 Å². The zero-order valence-corrected chi connectivity index (χ0v) is 21.3. The van der Waals surface area contributed by atoms with Crippen LogP contribution in [0, 0.1) is 0 Å². The summed E-state index contributed by atoms with van der Waals surface area (Å²) in [6.45, 7) is 0.310. The second-order valence-corrected chi connectivity index (χ2v) is 8.89. The van der Waals surface area contributed by atoms with Gasteiger partial charge in [0.15, 0.2) is 0 Å². The molecule has 0 aliphatic carbocycles. The van der Waals surface area contributed by atoms with Gasteiger partial charge in [0.1, 0.15) is 23.9 Å². The summed E-state index contributed by atoms with van der Waals surface area (Å²) in [6, 6.07) is 0.193. The summed E-state index contributed by atoms with van der Waals surface area (Å²) in [5.41, 5.74) is 16.9. The molecule has 0 aromatic heterocycles. The van der Waals surface area contributed by atoms with Crippen molar-refractivity contribution in [2.75, 3.05) is 6.54 Å². The van der Waals surface area contributed by atoms with Gasteiger partial charge >= 0.3 is 11.9 Å². The Morgan fingerprint density at radius 3 is 1.90 bits per heavy atom. The van der Waals surface area contributed by atoms with Gasteiger partial charge in [-0.2, -0.15) is 0 Å². The number of aromatic hydroxyl groups is 1. The number of carboxylic acid groups (broad SMARTS) is 2. The number of aliphatic carboxylic acids is 2. The SMILES string of the molecule is NCCCC[C@H](NC(=O)[C@@H](N)CCC(=O)O)C(=O)N[C@@H](CC(N)=O)C(=O)N[C@@H](Cc1ccc(O)cc1)C(=O)O. The highest BCUT2D eigenvalue weighted by molar-refractivity contribution is 5.96. The first-order valence-electron chi connectivity index (χ1n) is 12.2. The average molecular weight is 553 g/mol. The van der Waals surface area contributed by atoms with Gasteiger partial charge in [0.25, 0.3) is 0 Å². The van der Waals surface area contributed by atoms with E-state index in [1.807, 2.05) is 0 Å². The van der Waals surface area contributed by atoms with E-state index in [9.17, 15) is 39.0 Å². The van der Waals surface area contributed by atoms with Gasteiger partial charge in [-0.3, -0.25) is 24.0 Å². The maximum atomic E-state index is 13.0. The number of carbonyl (C=O) groups excluding carboxylic acids is 4. The lowest BCUT2D eigenvalue weighted by molar-refractivity contribution is -0.142. The first-order valence-corrected chi connectivity index (χ1v) is 12.2. The summed E-state index contributed by atoms with van der Waals surface area (Å²) >= 11 is 0. The number of hydrogen-bond donors (Lipinski definition) is 9. The largest absolute Gasteiger partial charge is 0.508 e. The molecule has 0 heterocycles. The Morgan fingerprint density at radius 2 is 1.36 bits per heavy atom. The molecule has 4 amide bonds. The Morgan fingerprint density at radius 1 is 0.795 bits per heavy atom. The second-order valence-electron chi connectivity index (χ2n) is 8.89. The van der Waals surface area contributed by atoms with E-state index in [1.165, 1.54) is 24.3 Å². The molecule has 0 aliphatic heterocycles. The van der Waals surface area contributed by atoms with Crippen LogP contribution in [0.4, 0.5) is 0 Å². The summed E-state index contributed by atoms with van der Waals surface area (Å²) in [5.74, 6) is -6.19. The molecular weight excluding hydrogens is 516 g/mol. The number of primary amides is 1. The number of carboxylic acids is 2. The first-order chi connectivity index (χ1) is 18.3. The fourth-order valence-electron chi connectivity index (χ4n) is 3.47. The Balaban J connectivity index is 3.01. The highest BCUT2D eigenvalue weighted by Gasteiger charge is 2.31. The number of phenols is 1. The molecule has 216 valence electrons. The average Bonchev–Trinajstić information content (AvgIpc) is 2.86. The molecule has 15 heteroatoms. The highest BCUT2D eigenvalue weighted by atomic mass is 16.4. The standard InChI is InChI=1S/C24H36N6O9/c25-10-2-1-3-16(28-21(35)15(26)8-9-20(33)34)22(36)29-17(12-19(27)32)23(37)30-18(24(38)39)11-13-4-6-14(31)7-5-13/h4-7,15-18,31H,1-3,8-12,25-26H2,(H2,27,32)(H,28,35)(H,29,36)(H,30,37)(H,33,34)(H,38,39)/t15-,16-,17-,18-/m0/s1. The third-order valence-electron chi connectivity index (χ3n) is 5.61. The van der Waals surface area contributed by atoms with Crippen LogP contribution in [0.2, 0.25) is 0 Å². The van der Waals surface area contributed by atoms with Crippen LogP contribution in [0.1, 0.15) is 44.1 Å². The molecule has 12 N–H and O–H groups in total. The van der Waals surface area contributed by atoms with Crippen LogP contribution in [0.15, 0.2) is 24.3 Å². The zero-order valence-electron chi connectivity index (χ0n) is 21.3. The van der Waals surface area contributed by atoms with E-state index in [-0.39, 0.29) is 31.4 Å². The topological polar surface area (TPSA) is 277 Å². The Bertz CT molecular complexity index is 1020. The van der Waals surface area contributed by atoms with Crippen LogP contribution >= 0.6 is 0 Å². The number of nitrogens with two attached hydrogens (primary N) is 3. The molecule has 0 spiro atoms. The van der Waals surface area contributed by atoms with E-state index < -0.39 is 66.2 Å². The number of hydrogen-bond acceptors (Lipinski definition) is 9. The molecule has 1 aromatic rings. The zero-order chi connectivity index (χ0) is 29.5. The van der Waals surface area contributed by atoms with Crippen LogP contribution in [-0.2, 0) is 35.2 Å². The molecule has 0 saturated heterocycles. The van der Waals surface area contributed by atoms with E-state index in [1.54, 1.807) is 0 Å². The number of amides is 4. The van der Waals surface area contributed by atoms with Crippen LogP contribution in [0.25, 0.3) is 0 Å².